The maximum atomic E-state index is 11.7. The molecule has 4 nitrogen and oxygen atoms in total. The lowest BCUT2D eigenvalue weighted by Crippen LogP contribution is -2.50. The number of carbonyl (C=O) groups is 1. The molecule has 0 aromatic heterocycles. The van der Waals surface area contributed by atoms with Crippen molar-refractivity contribution in [1.82, 2.24) is 10.6 Å². The topological polar surface area (TPSA) is 50.4 Å². The highest BCUT2D eigenvalue weighted by atomic mass is 16.5. The second kappa shape index (κ2) is 4.82. The average molecular weight is 256 g/mol. The van der Waals surface area contributed by atoms with Crippen molar-refractivity contribution >= 4 is 5.91 Å². The number of amides is 1. The molecule has 0 aromatic carbocycles. The van der Waals surface area contributed by atoms with Crippen molar-refractivity contribution in [2.45, 2.75) is 65.2 Å². The fourth-order valence-corrected chi connectivity index (χ4v) is 2.68. The molecule has 2 N–H and O–H groups in total. The number of rotatable bonds is 4. The van der Waals surface area contributed by atoms with Crippen molar-refractivity contribution in [3.63, 3.8) is 0 Å². The largest absolute Gasteiger partial charge is 0.368 e. The Balaban J connectivity index is 2.62. The lowest BCUT2D eigenvalue weighted by atomic mass is 9.89. The van der Waals surface area contributed by atoms with Crippen LogP contribution in [-0.4, -0.2) is 36.7 Å². The summed E-state index contributed by atoms with van der Waals surface area (Å²) in [6.45, 7) is 13.0. The van der Waals surface area contributed by atoms with Crippen LogP contribution in [-0.2, 0) is 9.53 Å². The lowest BCUT2D eigenvalue weighted by Gasteiger charge is -2.31. The van der Waals surface area contributed by atoms with Crippen LogP contribution in [0.15, 0.2) is 0 Å². The van der Waals surface area contributed by atoms with E-state index in [1.807, 2.05) is 13.8 Å². The molecular formula is C14H28N2O2. The first-order chi connectivity index (χ1) is 8.00. The molecule has 18 heavy (non-hydrogen) atoms. The fourth-order valence-electron chi connectivity index (χ4n) is 2.68. The minimum atomic E-state index is -0.405. The van der Waals surface area contributed by atoms with Crippen LogP contribution in [0.25, 0.3) is 0 Å². The zero-order valence-corrected chi connectivity index (χ0v) is 12.8. The molecule has 0 saturated carbocycles. The summed E-state index contributed by atoms with van der Waals surface area (Å²) in [7, 11) is 1.68. The van der Waals surface area contributed by atoms with Gasteiger partial charge in [0.15, 0.2) is 0 Å². The maximum absolute atomic E-state index is 11.7. The Morgan fingerprint density at radius 3 is 2.28 bits per heavy atom. The van der Waals surface area contributed by atoms with Gasteiger partial charge in [-0.05, 0) is 48.0 Å². The molecule has 0 bridgehead atoms. The van der Waals surface area contributed by atoms with E-state index in [4.69, 9.17) is 4.74 Å². The summed E-state index contributed by atoms with van der Waals surface area (Å²) in [5, 5.41) is 6.20. The molecule has 0 spiro atoms. The van der Waals surface area contributed by atoms with E-state index in [-0.39, 0.29) is 23.2 Å². The van der Waals surface area contributed by atoms with Crippen LogP contribution in [0.1, 0.15) is 48.0 Å². The molecular weight excluding hydrogens is 228 g/mol. The number of hydrogen-bond donors (Lipinski definition) is 2. The number of nitrogens with one attached hydrogen (secondary N) is 2. The molecule has 4 heteroatoms. The van der Waals surface area contributed by atoms with Crippen molar-refractivity contribution in [3.05, 3.63) is 0 Å². The Labute approximate surface area is 111 Å². The molecule has 1 saturated heterocycles. The smallest absolute Gasteiger partial charge is 0.226 e. The van der Waals surface area contributed by atoms with Gasteiger partial charge in [0.2, 0.25) is 5.91 Å². The zero-order valence-electron chi connectivity index (χ0n) is 12.8. The SMILES string of the molecule is CNC(=O)C(C)(C)CNC1CC(C)(C)OC1(C)C. The fraction of sp³-hybridized carbons (Fsp3) is 0.929. The van der Waals surface area contributed by atoms with E-state index in [9.17, 15) is 4.79 Å². The summed E-state index contributed by atoms with van der Waals surface area (Å²) in [4.78, 5) is 11.7. The number of ether oxygens (including phenoxy) is 1. The van der Waals surface area contributed by atoms with Crippen molar-refractivity contribution in [2.24, 2.45) is 5.41 Å². The van der Waals surface area contributed by atoms with E-state index >= 15 is 0 Å². The van der Waals surface area contributed by atoms with Gasteiger partial charge >= 0.3 is 0 Å². The highest BCUT2D eigenvalue weighted by Gasteiger charge is 2.46. The van der Waals surface area contributed by atoms with E-state index in [1.165, 1.54) is 0 Å². The van der Waals surface area contributed by atoms with Gasteiger partial charge in [0, 0.05) is 19.6 Å². The van der Waals surface area contributed by atoms with Crippen molar-refractivity contribution in [2.75, 3.05) is 13.6 Å². The Morgan fingerprint density at radius 2 is 1.89 bits per heavy atom. The zero-order chi connectivity index (χ0) is 14.2. The minimum Gasteiger partial charge on any atom is -0.368 e. The van der Waals surface area contributed by atoms with Gasteiger partial charge < -0.3 is 15.4 Å². The molecule has 1 rings (SSSR count). The summed E-state index contributed by atoms with van der Waals surface area (Å²) < 4.78 is 6.04. The Hall–Kier alpha value is -0.610. The van der Waals surface area contributed by atoms with Gasteiger partial charge in [0.1, 0.15) is 0 Å². The van der Waals surface area contributed by atoms with Crippen LogP contribution in [0.3, 0.4) is 0 Å². The monoisotopic (exact) mass is 256 g/mol. The van der Waals surface area contributed by atoms with Gasteiger partial charge in [-0.15, -0.1) is 0 Å². The molecule has 1 unspecified atom stereocenters. The Kier molecular flexibility index (Phi) is 4.13. The first-order valence-electron chi connectivity index (χ1n) is 6.66. The van der Waals surface area contributed by atoms with Crippen molar-refractivity contribution in [3.8, 4) is 0 Å². The molecule has 0 radical (unpaired) electrons. The highest BCUT2D eigenvalue weighted by molar-refractivity contribution is 5.81. The summed E-state index contributed by atoms with van der Waals surface area (Å²) in [6, 6.07) is 0.274. The molecule has 0 aromatic rings. The van der Waals surface area contributed by atoms with Gasteiger partial charge in [0.05, 0.1) is 16.6 Å². The van der Waals surface area contributed by atoms with E-state index in [2.05, 4.69) is 38.3 Å². The van der Waals surface area contributed by atoms with E-state index < -0.39 is 5.41 Å². The van der Waals surface area contributed by atoms with E-state index in [1.54, 1.807) is 7.05 Å². The third kappa shape index (κ3) is 3.45. The molecule has 1 aliphatic rings. The molecule has 1 aliphatic heterocycles. The van der Waals surface area contributed by atoms with E-state index in [0.29, 0.717) is 6.54 Å². The Bertz CT molecular complexity index is 322. The molecule has 1 heterocycles. The normalized spacial score (nSPS) is 26.1. The van der Waals surface area contributed by atoms with Gasteiger partial charge in [-0.25, -0.2) is 0 Å². The van der Waals surface area contributed by atoms with Crippen molar-refractivity contribution in [1.29, 1.82) is 0 Å². The average Bonchev–Trinajstić information content (AvgIpc) is 2.42. The molecule has 1 amide bonds. The van der Waals surface area contributed by atoms with Crippen LogP contribution in [0.2, 0.25) is 0 Å². The van der Waals surface area contributed by atoms with Crippen LogP contribution >= 0.6 is 0 Å². The summed E-state index contributed by atoms with van der Waals surface area (Å²) in [5.74, 6) is 0.0611. The minimum absolute atomic E-state index is 0.0611. The van der Waals surface area contributed by atoms with Crippen LogP contribution in [0.5, 0.6) is 0 Å². The third-order valence-electron chi connectivity index (χ3n) is 3.71. The molecule has 0 aliphatic carbocycles. The summed E-state index contributed by atoms with van der Waals surface area (Å²) in [6.07, 6.45) is 0.962. The Morgan fingerprint density at radius 1 is 1.33 bits per heavy atom. The third-order valence-corrected chi connectivity index (χ3v) is 3.71. The standard InChI is InChI=1S/C14H28N2O2/c1-12(2,11(17)15-7)9-16-10-8-13(3,4)18-14(10,5)6/h10,16H,8-9H2,1-7H3,(H,15,17). The second-order valence-electron chi connectivity index (χ2n) is 7.07. The molecule has 106 valence electrons. The lowest BCUT2D eigenvalue weighted by molar-refractivity contribution is -0.128. The molecule has 1 fully saturated rings. The second-order valence-corrected chi connectivity index (χ2v) is 7.07. The highest BCUT2D eigenvalue weighted by Crippen LogP contribution is 2.37. The quantitative estimate of drug-likeness (QED) is 0.805. The predicted octanol–water partition coefficient (Wildman–Crippen LogP) is 1.69. The predicted molar refractivity (Wildman–Crippen MR) is 73.5 cm³/mol. The first-order valence-corrected chi connectivity index (χ1v) is 6.66. The van der Waals surface area contributed by atoms with E-state index in [0.717, 1.165) is 6.42 Å². The van der Waals surface area contributed by atoms with Crippen LogP contribution < -0.4 is 10.6 Å². The summed E-state index contributed by atoms with van der Waals surface area (Å²) in [5.41, 5.74) is -0.696. The van der Waals surface area contributed by atoms with Crippen LogP contribution in [0.4, 0.5) is 0 Å². The van der Waals surface area contributed by atoms with Crippen molar-refractivity contribution < 1.29 is 9.53 Å². The number of hydrogen-bond acceptors (Lipinski definition) is 3. The van der Waals surface area contributed by atoms with Gasteiger partial charge in [-0.1, -0.05) is 0 Å². The number of carbonyl (C=O) groups excluding carboxylic acids is 1. The first kappa shape index (κ1) is 15.4. The maximum Gasteiger partial charge on any atom is 0.226 e. The summed E-state index contributed by atoms with van der Waals surface area (Å²) >= 11 is 0. The van der Waals surface area contributed by atoms with Crippen LogP contribution in [0, 0.1) is 5.41 Å². The van der Waals surface area contributed by atoms with Gasteiger partial charge in [0.25, 0.3) is 0 Å². The van der Waals surface area contributed by atoms with Gasteiger partial charge in [-0.3, -0.25) is 4.79 Å². The van der Waals surface area contributed by atoms with Gasteiger partial charge in [-0.2, -0.15) is 0 Å². The molecule has 1 atom stereocenters.